The molecule has 148 valence electrons. The van der Waals surface area contributed by atoms with Crippen molar-refractivity contribution in [2.45, 2.75) is 39.0 Å². The predicted molar refractivity (Wildman–Crippen MR) is 105 cm³/mol. The number of rotatable bonds is 6. The van der Waals surface area contributed by atoms with Gasteiger partial charge >= 0.3 is 0 Å². The largest absolute Gasteiger partial charge is 0.481 e. The predicted octanol–water partition coefficient (Wildman–Crippen LogP) is 2.91. The van der Waals surface area contributed by atoms with E-state index in [0.717, 1.165) is 30.0 Å². The summed E-state index contributed by atoms with van der Waals surface area (Å²) in [6, 6.07) is 5.58. The molecule has 8 heteroatoms. The van der Waals surface area contributed by atoms with Crippen LogP contribution in [0.4, 0.5) is 0 Å². The Morgan fingerprint density at radius 1 is 1.46 bits per heavy atom. The van der Waals surface area contributed by atoms with Crippen molar-refractivity contribution in [2.75, 3.05) is 20.3 Å². The van der Waals surface area contributed by atoms with Crippen LogP contribution in [0.5, 0.6) is 5.88 Å². The molecule has 2 amide bonds. The summed E-state index contributed by atoms with van der Waals surface area (Å²) in [6.45, 7) is 4.09. The second kappa shape index (κ2) is 7.89. The van der Waals surface area contributed by atoms with Crippen molar-refractivity contribution in [1.29, 1.82) is 0 Å². The van der Waals surface area contributed by atoms with Gasteiger partial charge in [0.25, 0.3) is 11.8 Å². The molecule has 2 aromatic heterocycles. The summed E-state index contributed by atoms with van der Waals surface area (Å²) in [5, 5.41) is 2.91. The lowest BCUT2D eigenvalue weighted by atomic mass is 10.1. The van der Waals surface area contributed by atoms with Crippen molar-refractivity contribution in [3.63, 3.8) is 0 Å². The number of nitrogens with one attached hydrogen (secondary N) is 1. The van der Waals surface area contributed by atoms with Crippen LogP contribution in [-0.4, -0.2) is 42.0 Å². The SMILES string of the molecule is CCN1Cc2nc(OC)c(CNC(=O)c3ccc(C4CCCO4)s3)cc2C1=O. The van der Waals surface area contributed by atoms with Crippen molar-refractivity contribution in [3.8, 4) is 5.88 Å². The highest BCUT2D eigenvalue weighted by atomic mass is 32.1. The number of fused-ring (bicyclic) bond motifs is 1. The Bertz CT molecular complexity index is 905. The zero-order chi connectivity index (χ0) is 19.7. The number of thiophene rings is 1. The summed E-state index contributed by atoms with van der Waals surface area (Å²) in [5.41, 5.74) is 2.00. The molecule has 2 aliphatic rings. The summed E-state index contributed by atoms with van der Waals surface area (Å²) in [7, 11) is 1.54. The number of hydrogen-bond donors (Lipinski definition) is 1. The van der Waals surface area contributed by atoms with Gasteiger partial charge in [0.15, 0.2) is 0 Å². The second-order valence-electron chi connectivity index (χ2n) is 6.86. The van der Waals surface area contributed by atoms with Gasteiger partial charge in [-0.3, -0.25) is 9.59 Å². The van der Waals surface area contributed by atoms with Gasteiger partial charge in [0.1, 0.15) is 0 Å². The number of ether oxygens (including phenoxy) is 2. The third-order valence-electron chi connectivity index (χ3n) is 5.11. The van der Waals surface area contributed by atoms with Gasteiger partial charge in [-0.1, -0.05) is 0 Å². The molecule has 0 saturated carbocycles. The van der Waals surface area contributed by atoms with Crippen LogP contribution in [0.25, 0.3) is 0 Å². The molecule has 7 nitrogen and oxygen atoms in total. The van der Waals surface area contributed by atoms with Gasteiger partial charge in [0, 0.05) is 30.1 Å². The molecule has 0 aromatic carbocycles. The van der Waals surface area contributed by atoms with Crippen LogP contribution in [0.15, 0.2) is 18.2 Å². The monoisotopic (exact) mass is 401 g/mol. The fraction of sp³-hybridized carbons (Fsp3) is 0.450. The molecule has 28 heavy (non-hydrogen) atoms. The summed E-state index contributed by atoms with van der Waals surface area (Å²) >= 11 is 1.46. The maximum atomic E-state index is 12.6. The second-order valence-corrected chi connectivity index (χ2v) is 7.97. The number of hydrogen-bond acceptors (Lipinski definition) is 6. The van der Waals surface area contributed by atoms with E-state index < -0.39 is 0 Å². The smallest absolute Gasteiger partial charge is 0.261 e. The molecule has 0 radical (unpaired) electrons. The lowest BCUT2D eigenvalue weighted by Crippen LogP contribution is -2.23. The molecule has 1 N–H and O–H groups in total. The summed E-state index contributed by atoms with van der Waals surface area (Å²) in [4.78, 5) is 32.9. The fourth-order valence-corrected chi connectivity index (χ4v) is 4.58. The lowest BCUT2D eigenvalue weighted by molar-refractivity contribution is 0.0786. The maximum absolute atomic E-state index is 12.6. The molecule has 0 aliphatic carbocycles. The zero-order valence-corrected chi connectivity index (χ0v) is 16.8. The Morgan fingerprint density at radius 2 is 2.32 bits per heavy atom. The molecule has 4 heterocycles. The average Bonchev–Trinajstić information content (AvgIpc) is 3.45. The minimum absolute atomic E-state index is 0.0281. The molecule has 1 unspecified atom stereocenters. The maximum Gasteiger partial charge on any atom is 0.261 e. The van der Waals surface area contributed by atoms with Gasteiger partial charge in [-0.25, -0.2) is 4.98 Å². The van der Waals surface area contributed by atoms with Crippen molar-refractivity contribution >= 4 is 23.2 Å². The Kier molecular flexibility index (Phi) is 5.32. The number of methoxy groups -OCH3 is 1. The van der Waals surface area contributed by atoms with Gasteiger partial charge in [-0.15, -0.1) is 11.3 Å². The first-order valence-electron chi connectivity index (χ1n) is 9.46. The Labute approximate surface area is 167 Å². The van der Waals surface area contributed by atoms with Crippen LogP contribution >= 0.6 is 11.3 Å². The zero-order valence-electron chi connectivity index (χ0n) is 16.0. The highest BCUT2D eigenvalue weighted by Crippen LogP contribution is 2.33. The minimum Gasteiger partial charge on any atom is -0.481 e. The summed E-state index contributed by atoms with van der Waals surface area (Å²) < 4.78 is 11.1. The first kappa shape index (κ1) is 18.9. The van der Waals surface area contributed by atoms with E-state index in [9.17, 15) is 9.59 Å². The van der Waals surface area contributed by atoms with Gasteiger partial charge in [-0.2, -0.15) is 0 Å². The van der Waals surface area contributed by atoms with E-state index in [1.54, 1.807) is 18.1 Å². The molecule has 2 aliphatic heterocycles. The van der Waals surface area contributed by atoms with Crippen molar-refractivity contribution in [2.24, 2.45) is 0 Å². The van der Waals surface area contributed by atoms with Crippen LogP contribution in [0.2, 0.25) is 0 Å². The van der Waals surface area contributed by atoms with Gasteiger partial charge in [0.2, 0.25) is 5.88 Å². The number of aromatic nitrogens is 1. The standard InChI is InChI=1S/C20H23N3O4S/c1-3-23-11-14-13(20(23)25)9-12(19(22-14)26-2)10-21-18(24)17-7-6-16(28-17)15-5-4-8-27-15/h6-7,9,15H,3-5,8,10-11H2,1-2H3,(H,21,24). The lowest BCUT2D eigenvalue weighted by Gasteiger charge is -2.10. The van der Waals surface area contributed by atoms with Crippen molar-refractivity contribution in [1.82, 2.24) is 15.2 Å². The molecule has 1 saturated heterocycles. The third-order valence-corrected chi connectivity index (χ3v) is 6.29. The van der Waals surface area contributed by atoms with Crippen LogP contribution in [0.3, 0.4) is 0 Å². The number of pyridine rings is 1. The summed E-state index contributed by atoms with van der Waals surface area (Å²) in [5.74, 6) is 0.258. The van der Waals surface area contributed by atoms with E-state index in [2.05, 4.69) is 10.3 Å². The highest BCUT2D eigenvalue weighted by Gasteiger charge is 2.29. The van der Waals surface area contributed by atoms with E-state index in [0.29, 0.717) is 35.0 Å². The molecule has 4 rings (SSSR count). The quantitative estimate of drug-likeness (QED) is 0.805. The molecule has 1 fully saturated rings. The van der Waals surface area contributed by atoms with E-state index >= 15 is 0 Å². The number of carbonyl (C=O) groups excluding carboxylic acids is 2. The van der Waals surface area contributed by atoms with Crippen LogP contribution < -0.4 is 10.1 Å². The first-order chi connectivity index (χ1) is 13.6. The molecule has 0 bridgehead atoms. The molecular weight excluding hydrogens is 378 g/mol. The topological polar surface area (TPSA) is 80.8 Å². The highest BCUT2D eigenvalue weighted by molar-refractivity contribution is 7.14. The normalized spacial score (nSPS) is 18.4. The Balaban J connectivity index is 1.47. The van der Waals surface area contributed by atoms with Crippen molar-refractivity contribution < 1.29 is 19.1 Å². The van der Waals surface area contributed by atoms with E-state index in [1.807, 2.05) is 19.1 Å². The van der Waals surface area contributed by atoms with Crippen LogP contribution in [0, 0.1) is 0 Å². The Morgan fingerprint density at radius 3 is 3.04 bits per heavy atom. The van der Waals surface area contributed by atoms with Crippen LogP contribution in [0.1, 0.15) is 62.0 Å². The van der Waals surface area contributed by atoms with Crippen molar-refractivity contribution in [3.05, 3.63) is 44.8 Å². The minimum atomic E-state index is -0.154. The molecule has 0 spiro atoms. The Hall–Kier alpha value is -2.45. The van der Waals surface area contributed by atoms with E-state index in [1.165, 1.54) is 11.3 Å². The third kappa shape index (κ3) is 3.49. The van der Waals surface area contributed by atoms with E-state index in [-0.39, 0.29) is 24.5 Å². The number of carbonyl (C=O) groups is 2. The molecule has 1 atom stereocenters. The molecule has 2 aromatic rings. The first-order valence-corrected chi connectivity index (χ1v) is 10.3. The van der Waals surface area contributed by atoms with Crippen LogP contribution in [-0.2, 0) is 17.8 Å². The summed E-state index contributed by atoms with van der Waals surface area (Å²) in [6.07, 6.45) is 2.17. The number of nitrogens with zero attached hydrogens (tertiary/aromatic N) is 2. The van der Waals surface area contributed by atoms with E-state index in [4.69, 9.17) is 9.47 Å². The molecular formula is C20H23N3O4S. The average molecular weight is 401 g/mol. The van der Waals surface area contributed by atoms with Gasteiger partial charge in [0.05, 0.1) is 35.9 Å². The fourth-order valence-electron chi connectivity index (χ4n) is 3.57. The van der Waals surface area contributed by atoms with Gasteiger partial charge in [-0.05, 0) is 38.0 Å². The number of amides is 2. The van der Waals surface area contributed by atoms with Gasteiger partial charge < -0.3 is 19.7 Å².